The highest BCUT2D eigenvalue weighted by molar-refractivity contribution is 6.76. The third-order valence-corrected chi connectivity index (χ3v) is 13.5. The largest absolute Gasteiger partial charge is 0.476 e. The summed E-state index contributed by atoms with van der Waals surface area (Å²) >= 11 is 0. The van der Waals surface area contributed by atoms with Crippen LogP contribution in [0.25, 0.3) is 0 Å². The number of H-pyrrole nitrogens is 1. The van der Waals surface area contributed by atoms with Crippen molar-refractivity contribution in [2.45, 2.75) is 95.9 Å². The van der Waals surface area contributed by atoms with Crippen LogP contribution >= 0.6 is 0 Å². The second-order valence-corrected chi connectivity index (χ2v) is 23.3. The zero-order chi connectivity index (χ0) is 41.1. The van der Waals surface area contributed by atoms with E-state index in [0.717, 1.165) is 54.8 Å². The maximum Gasteiger partial charge on any atom is 0.356 e. The predicted molar refractivity (Wildman–Crippen MR) is 228 cm³/mol. The lowest BCUT2D eigenvalue weighted by atomic mass is 9.64. The van der Waals surface area contributed by atoms with E-state index in [9.17, 15) is 14.7 Å². The number of aromatic nitrogens is 8. The van der Waals surface area contributed by atoms with Crippen molar-refractivity contribution in [1.29, 1.82) is 0 Å². The molecule has 14 nitrogen and oxygen atoms in total. The fraction of sp³-hybridized carbons (Fsp3) is 0.409. The van der Waals surface area contributed by atoms with Crippen molar-refractivity contribution in [3.05, 3.63) is 130 Å². The van der Waals surface area contributed by atoms with Crippen molar-refractivity contribution in [3.8, 4) is 0 Å². The van der Waals surface area contributed by atoms with Crippen molar-refractivity contribution < 1.29 is 19.4 Å². The Bertz CT molecular complexity index is 2370. The van der Waals surface area contributed by atoms with Crippen LogP contribution in [0.2, 0.25) is 25.7 Å². The highest BCUT2D eigenvalue weighted by atomic mass is 28.3. The Labute approximate surface area is 345 Å². The number of nitrogens with two attached hydrogens (primary N) is 1. The van der Waals surface area contributed by atoms with Crippen LogP contribution in [0, 0.1) is 11.8 Å². The number of carbonyl (C=O) groups excluding carboxylic acids is 1. The smallest absolute Gasteiger partial charge is 0.356 e. The van der Waals surface area contributed by atoms with Crippen molar-refractivity contribution in [1.82, 2.24) is 39.5 Å². The van der Waals surface area contributed by atoms with Gasteiger partial charge in [0.25, 0.3) is 5.91 Å². The van der Waals surface area contributed by atoms with Crippen LogP contribution in [0.15, 0.2) is 85.5 Å². The summed E-state index contributed by atoms with van der Waals surface area (Å²) in [4.78, 5) is 24.0. The Morgan fingerprint density at radius 1 is 0.847 bits per heavy atom. The maximum absolute atomic E-state index is 12.6. The number of hydrogen-bond acceptors (Lipinski definition) is 8. The van der Waals surface area contributed by atoms with E-state index >= 15 is 0 Å². The van der Waals surface area contributed by atoms with Crippen LogP contribution in [0.5, 0.6) is 0 Å². The lowest BCUT2D eigenvalue weighted by molar-refractivity contribution is 0.0662. The number of anilines is 2. The minimum absolute atomic E-state index is 0.155. The molecule has 2 saturated carbocycles. The molecule has 4 aromatic heterocycles. The molecule has 6 aliphatic rings. The molecule has 6 aromatic rings. The molecule has 5 N–H and O–H groups in total. The zero-order valence-corrected chi connectivity index (χ0v) is 35.1. The third kappa shape index (κ3) is 9.58. The normalized spacial score (nSPS) is 19.4. The van der Waals surface area contributed by atoms with E-state index in [2.05, 4.69) is 74.7 Å². The number of nitrogens with zero attached hydrogens (tertiary/aromatic N) is 7. The van der Waals surface area contributed by atoms with Crippen molar-refractivity contribution >= 4 is 31.3 Å². The lowest BCUT2D eigenvalue weighted by Gasteiger charge is -2.41. The predicted octanol–water partition coefficient (Wildman–Crippen LogP) is 7.41. The van der Waals surface area contributed by atoms with Gasteiger partial charge in [-0.1, -0.05) is 80.3 Å². The van der Waals surface area contributed by atoms with Crippen LogP contribution in [0.1, 0.15) is 92.1 Å². The third-order valence-electron chi connectivity index (χ3n) is 11.8. The number of carbonyl (C=O) groups is 2. The molecular weight excluding hydrogens is 761 g/mol. The SMILES string of the molecule is C[Si](C)(C)CCOCn1nc(C(=O)O)c2c1C1CC(C2)C1.Nc1cnn(Cc2ccccc2)c1.O=C(Nc1cnn(Cc2ccccc2)c1)c1n[nH]c2c1CC1CC2C1. The van der Waals surface area contributed by atoms with E-state index in [0.29, 0.717) is 48.1 Å². The summed E-state index contributed by atoms with van der Waals surface area (Å²) in [6.07, 6.45) is 13.7. The van der Waals surface area contributed by atoms with E-state index in [4.69, 9.17) is 10.5 Å². The van der Waals surface area contributed by atoms with Gasteiger partial charge in [0, 0.05) is 61.4 Å². The number of aromatic carboxylic acids is 1. The molecule has 12 rings (SSSR count). The van der Waals surface area contributed by atoms with Gasteiger partial charge in [0.1, 0.15) is 6.73 Å². The van der Waals surface area contributed by atoms with Crippen LogP contribution in [-0.4, -0.2) is 71.2 Å². The number of benzene rings is 2. The molecule has 2 fully saturated rings. The first-order chi connectivity index (χ1) is 28.5. The van der Waals surface area contributed by atoms with Crippen LogP contribution < -0.4 is 11.1 Å². The number of carboxylic acid groups (broad SMARTS) is 1. The summed E-state index contributed by atoms with van der Waals surface area (Å²) in [6.45, 7) is 9.55. The highest BCUT2D eigenvalue weighted by Crippen LogP contribution is 2.51. The van der Waals surface area contributed by atoms with Crippen molar-refractivity contribution in [3.63, 3.8) is 0 Å². The van der Waals surface area contributed by atoms with Crippen LogP contribution in [0.3, 0.4) is 0 Å². The second kappa shape index (κ2) is 17.2. The molecule has 59 heavy (non-hydrogen) atoms. The highest BCUT2D eigenvalue weighted by Gasteiger charge is 2.43. The number of hydrogen-bond donors (Lipinski definition) is 4. The van der Waals surface area contributed by atoms with Gasteiger partial charge in [0.15, 0.2) is 11.4 Å². The molecule has 0 spiro atoms. The van der Waals surface area contributed by atoms with E-state index in [1.165, 1.54) is 42.5 Å². The monoisotopic (exact) mass is 814 g/mol. The zero-order valence-electron chi connectivity index (χ0n) is 34.1. The average Bonchev–Trinajstić information content (AvgIpc) is 4.00. The summed E-state index contributed by atoms with van der Waals surface area (Å²) in [5.41, 5.74) is 14.5. The van der Waals surface area contributed by atoms with E-state index in [1.807, 2.05) is 62.8 Å². The Morgan fingerprint density at radius 2 is 1.46 bits per heavy atom. The first-order valence-corrected chi connectivity index (χ1v) is 24.3. The topological polar surface area (TPSA) is 184 Å². The maximum atomic E-state index is 12.6. The minimum atomic E-state index is -1.09. The van der Waals surface area contributed by atoms with E-state index in [1.54, 1.807) is 12.4 Å². The molecule has 6 aliphatic carbocycles. The summed E-state index contributed by atoms with van der Waals surface area (Å²) in [7, 11) is -1.09. The van der Waals surface area contributed by atoms with Gasteiger partial charge in [-0.15, -0.1) is 0 Å². The fourth-order valence-corrected chi connectivity index (χ4v) is 9.39. The van der Waals surface area contributed by atoms with Crippen molar-refractivity contribution in [2.75, 3.05) is 17.7 Å². The van der Waals surface area contributed by atoms with E-state index < -0.39 is 14.0 Å². The molecule has 0 aliphatic heterocycles. The number of aromatic amines is 1. The molecule has 4 bridgehead atoms. The van der Waals surface area contributed by atoms with Gasteiger partial charge in [0.05, 0.1) is 36.9 Å². The molecule has 0 radical (unpaired) electrons. The molecule has 1 amide bonds. The Hall–Kier alpha value is -5.80. The summed E-state index contributed by atoms with van der Waals surface area (Å²) in [5.74, 6) is 1.42. The Kier molecular flexibility index (Phi) is 11.7. The van der Waals surface area contributed by atoms with Crippen LogP contribution in [-0.2, 0) is 37.4 Å². The van der Waals surface area contributed by atoms with Crippen LogP contribution in [0.4, 0.5) is 11.4 Å². The molecule has 0 saturated heterocycles. The van der Waals surface area contributed by atoms with E-state index in [-0.39, 0.29) is 11.6 Å². The summed E-state index contributed by atoms with van der Waals surface area (Å²) in [6, 6.07) is 21.4. The second-order valence-electron chi connectivity index (χ2n) is 17.6. The average molecular weight is 815 g/mol. The van der Waals surface area contributed by atoms with Gasteiger partial charge in [-0.2, -0.15) is 20.4 Å². The fourth-order valence-electron chi connectivity index (χ4n) is 8.63. The molecule has 2 aromatic carbocycles. The Morgan fingerprint density at radius 3 is 2.07 bits per heavy atom. The standard InChI is InChI=1S/C19H19N5O.C15H24N2O3Si.C10H11N3/c25-19(18-16-8-13-6-14(7-13)17(16)22-23-18)21-15-9-20-24(11-15)10-12-4-2-1-3-5-12;1-21(2,3)5-4-20-9-17-14-11-6-10(7-11)8-12(14)13(16-17)15(18)19;11-10-6-12-13(8-10)7-9-4-2-1-3-5-9/h1-5,9,11,13-14H,6-8,10H2,(H,21,25)(H,22,23);10-11H,4-9H2,1-3H3,(H,18,19);1-6,8H,7,11H2. The summed E-state index contributed by atoms with van der Waals surface area (Å²) < 4.78 is 11.2. The van der Waals surface area contributed by atoms with Gasteiger partial charge in [-0.05, 0) is 67.5 Å². The number of rotatable bonds is 12. The first kappa shape index (κ1) is 40.0. The van der Waals surface area contributed by atoms with Crippen molar-refractivity contribution in [2.24, 2.45) is 11.8 Å². The van der Waals surface area contributed by atoms with Gasteiger partial charge in [-0.3, -0.25) is 19.3 Å². The molecule has 4 heterocycles. The Balaban J connectivity index is 0.000000129. The summed E-state index contributed by atoms with van der Waals surface area (Å²) in [5, 5.41) is 32.4. The first-order valence-electron chi connectivity index (χ1n) is 20.6. The minimum Gasteiger partial charge on any atom is -0.476 e. The molecule has 0 atom stereocenters. The van der Waals surface area contributed by atoms with Gasteiger partial charge >= 0.3 is 5.97 Å². The number of nitrogens with one attached hydrogen (secondary N) is 2. The van der Waals surface area contributed by atoms with Gasteiger partial charge in [0.2, 0.25) is 0 Å². The molecule has 15 heteroatoms. The van der Waals surface area contributed by atoms with Gasteiger partial charge in [-0.25, -0.2) is 9.48 Å². The molecule has 308 valence electrons. The molecular formula is C44H54N10O4Si. The quantitative estimate of drug-likeness (QED) is 0.0722. The number of carboxylic acids is 1. The number of ether oxygens (including phenoxy) is 1. The number of nitrogen functional groups attached to an aromatic ring is 1. The lowest BCUT2D eigenvalue weighted by Crippen LogP contribution is -2.32. The molecule has 0 unspecified atom stereocenters. The van der Waals surface area contributed by atoms with Gasteiger partial charge < -0.3 is 20.9 Å². The number of amides is 1.